The summed E-state index contributed by atoms with van der Waals surface area (Å²) < 4.78 is 6.97. The minimum atomic E-state index is 0.260. The standard InChI is InChI=1S/C25H27ClN10O/c1-37-19-4-6-34(7-5-19)18-13-35(14-18)21-9-15(10-27)8-20(22(21)26)31-25-32-23(30-16-2-3-16)24-29-12-17(11-28)36(24)33-25/h8-9,12,16,18-19H,2-7,13-14H2,1H3,(H2,30,31,32,33). The molecule has 3 aliphatic rings. The van der Waals surface area contributed by atoms with E-state index in [0.29, 0.717) is 51.6 Å². The fourth-order valence-corrected chi connectivity index (χ4v) is 5.28. The largest absolute Gasteiger partial charge is 0.381 e. The van der Waals surface area contributed by atoms with E-state index >= 15 is 0 Å². The van der Waals surface area contributed by atoms with Crippen molar-refractivity contribution >= 4 is 40.4 Å². The van der Waals surface area contributed by atoms with Gasteiger partial charge in [-0.15, -0.1) is 5.10 Å². The predicted octanol–water partition coefficient (Wildman–Crippen LogP) is 3.14. The lowest BCUT2D eigenvalue weighted by Crippen LogP contribution is -2.61. The Morgan fingerprint density at radius 2 is 1.89 bits per heavy atom. The van der Waals surface area contributed by atoms with Crippen LogP contribution in [-0.2, 0) is 4.74 Å². The summed E-state index contributed by atoms with van der Waals surface area (Å²) >= 11 is 6.87. The van der Waals surface area contributed by atoms with Gasteiger partial charge in [-0.2, -0.15) is 20.0 Å². The number of likely N-dealkylation sites (tertiary alicyclic amines) is 1. The quantitative estimate of drug-likeness (QED) is 0.481. The van der Waals surface area contributed by atoms with Crippen LogP contribution in [0.4, 0.5) is 23.1 Å². The molecule has 0 radical (unpaired) electrons. The van der Waals surface area contributed by atoms with Crippen LogP contribution >= 0.6 is 11.6 Å². The highest BCUT2D eigenvalue weighted by Crippen LogP contribution is 2.39. The van der Waals surface area contributed by atoms with E-state index in [1.807, 2.05) is 6.07 Å². The highest BCUT2D eigenvalue weighted by Gasteiger charge is 2.35. The third-order valence-corrected chi connectivity index (χ3v) is 7.75. The van der Waals surface area contributed by atoms with Gasteiger partial charge >= 0.3 is 0 Å². The molecule has 0 spiro atoms. The predicted molar refractivity (Wildman–Crippen MR) is 139 cm³/mol. The van der Waals surface area contributed by atoms with Gasteiger partial charge in [0.1, 0.15) is 6.07 Å². The van der Waals surface area contributed by atoms with E-state index < -0.39 is 0 Å². The van der Waals surface area contributed by atoms with Crippen molar-refractivity contribution in [2.45, 2.75) is 43.9 Å². The maximum atomic E-state index is 9.70. The zero-order chi connectivity index (χ0) is 25.5. The second kappa shape index (κ2) is 9.67. The average molecular weight is 519 g/mol. The van der Waals surface area contributed by atoms with E-state index in [4.69, 9.17) is 16.3 Å². The number of benzene rings is 1. The number of rotatable bonds is 7. The average Bonchev–Trinajstić information content (AvgIpc) is 3.61. The van der Waals surface area contributed by atoms with Crippen LogP contribution in [0.3, 0.4) is 0 Å². The number of hydrogen-bond donors (Lipinski definition) is 2. The molecule has 3 fully saturated rings. The van der Waals surface area contributed by atoms with Gasteiger partial charge in [0.15, 0.2) is 17.2 Å². The van der Waals surface area contributed by atoms with Crippen LogP contribution in [-0.4, -0.2) is 76.0 Å². The molecule has 0 atom stereocenters. The van der Waals surface area contributed by atoms with Crippen LogP contribution < -0.4 is 15.5 Å². The Kier molecular flexibility index (Phi) is 6.21. The van der Waals surface area contributed by atoms with Crippen molar-refractivity contribution in [1.29, 1.82) is 10.5 Å². The Morgan fingerprint density at radius 1 is 1.11 bits per heavy atom. The molecule has 2 N–H and O–H groups in total. The molecule has 6 rings (SSSR count). The van der Waals surface area contributed by atoms with E-state index in [2.05, 4.69) is 47.6 Å². The van der Waals surface area contributed by atoms with Gasteiger partial charge in [-0.3, -0.25) is 4.90 Å². The molecule has 0 amide bonds. The van der Waals surface area contributed by atoms with Gasteiger partial charge in [0.05, 0.1) is 40.3 Å². The Labute approximate surface area is 219 Å². The summed E-state index contributed by atoms with van der Waals surface area (Å²) in [6.45, 7) is 3.77. The van der Waals surface area contributed by atoms with Gasteiger partial charge < -0.3 is 20.3 Å². The molecule has 3 aromatic rings. The number of fused-ring (bicyclic) bond motifs is 1. The topological polar surface area (TPSA) is 130 Å². The number of nitrogens with one attached hydrogen (secondary N) is 2. The van der Waals surface area contributed by atoms with Crippen molar-refractivity contribution in [3.8, 4) is 12.1 Å². The van der Waals surface area contributed by atoms with Crippen LogP contribution in [0.15, 0.2) is 18.3 Å². The zero-order valence-corrected chi connectivity index (χ0v) is 21.2. The minimum Gasteiger partial charge on any atom is -0.381 e. The molecule has 0 unspecified atom stereocenters. The second-order valence-electron chi connectivity index (χ2n) is 9.82. The third-order valence-electron chi connectivity index (χ3n) is 7.35. The SMILES string of the molecule is COC1CCN(C2CN(c3cc(C#N)cc(Nc4nc(NC5CC5)c5ncc(C#N)n5n4)c3Cl)C2)CC1. The number of piperidine rings is 1. The van der Waals surface area contributed by atoms with Crippen molar-refractivity contribution in [2.75, 3.05) is 48.8 Å². The lowest BCUT2D eigenvalue weighted by Gasteiger charge is -2.48. The first-order valence-corrected chi connectivity index (χ1v) is 12.9. The zero-order valence-electron chi connectivity index (χ0n) is 20.5. The molecule has 1 aliphatic carbocycles. The third kappa shape index (κ3) is 4.62. The summed E-state index contributed by atoms with van der Waals surface area (Å²) in [5.41, 5.74) is 2.63. The molecular weight excluding hydrogens is 492 g/mol. The highest BCUT2D eigenvalue weighted by atomic mass is 35.5. The van der Waals surface area contributed by atoms with Crippen LogP contribution in [0.5, 0.6) is 0 Å². The first-order valence-electron chi connectivity index (χ1n) is 12.5. The summed E-state index contributed by atoms with van der Waals surface area (Å²) in [6.07, 6.45) is 6.06. The van der Waals surface area contributed by atoms with Crippen LogP contribution in [0.1, 0.15) is 36.9 Å². The summed E-state index contributed by atoms with van der Waals surface area (Å²) in [5.74, 6) is 0.813. The second-order valence-corrected chi connectivity index (χ2v) is 10.2. The minimum absolute atomic E-state index is 0.260. The van der Waals surface area contributed by atoms with Crippen molar-refractivity contribution in [3.63, 3.8) is 0 Å². The Bertz CT molecular complexity index is 1410. The van der Waals surface area contributed by atoms with Gasteiger partial charge in [0.2, 0.25) is 5.95 Å². The summed E-state index contributed by atoms with van der Waals surface area (Å²) in [6, 6.07) is 8.67. The van der Waals surface area contributed by atoms with Gasteiger partial charge in [0, 0.05) is 45.4 Å². The number of ether oxygens (including phenoxy) is 1. The fourth-order valence-electron chi connectivity index (χ4n) is 5.00. The first kappa shape index (κ1) is 23.7. The Balaban J connectivity index is 1.25. The smallest absolute Gasteiger partial charge is 0.247 e. The van der Waals surface area contributed by atoms with E-state index in [0.717, 1.165) is 57.5 Å². The molecule has 1 aromatic carbocycles. The molecule has 4 heterocycles. The molecule has 11 nitrogen and oxygen atoms in total. The van der Waals surface area contributed by atoms with Crippen molar-refractivity contribution in [2.24, 2.45) is 0 Å². The van der Waals surface area contributed by atoms with Crippen molar-refractivity contribution in [1.82, 2.24) is 24.5 Å². The molecule has 2 saturated heterocycles. The Morgan fingerprint density at radius 3 is 2.57 bits per heavy atom. The number of nitriles is 2. The maximum absolute atomic E-state index is 9.70. The lowest BCUT2D eigenvalue weighted by molar-refractivity contribution is 0.0226. The van der Waals surface area contributed by atoms with Gasteiger partial charge in [-0.25, -0.2) is 4.98 Å². The number of imidazole rings is 1. The lowest BCUT2D eigenvalue weighted by atomic mass is 10.00. The van der Waals surface area contributed by atoms with Gasteiger partial charge in [0.25, 0.3) is 0 Å². The number of anilines is 4. The monoisotopic (exact) mass is 518 g/mol. The molecule has 1 saturated carbocycles. The van der Waals surface area contributed by atoms with Crippen LogP contribution in [0, 0.1) is 22.7 Å². The van der Waals surface area contributed by atoms with E-state index in [1.54, 1.807) is 13.2 Å². The van der Waals surface area contributed by atoms with E-state index in [1.165, 1.54) is 10.7 Å². The van der Waals surface area contributed by atoms with Gasteiger partial charge in [-0.1, -0.05) is 11.6 Å². The van der Waals surface area contributed by atoms with E-state index in [9.17, 15) is 10.5 Å². The molecule has 0 bridgehead atoms. The van der Waals surface area contributed by atoms with Crippen molar-refractivity contribution < 1.29 is 4.74 Å². The number of hydrogen-bond acceptors (Lipinski definition) is 10. The number of methoxy groups -OCH3 is 1. The molecule has 37 heavy (non-hydrogen) atoms. The fraction of sp³-hybridized carbons (Fsp3) is 0.480. The van der Waals surface area contributed by atoms with Crippen molar-refractivity contribution in [3.05, 3.63) is 34.6 Å². The van der Waals surface area contributed by atoms with Crippen LogP contribution in [0.2, 0.25) is 5.02 Å². The normalized spacial score (nSPS) is 18.9. The molecular formula is C25H27ClN10O. The number of aromatic nitrogens is 4. The number of nitrogens with zero attached hydrogens (tertiary/aromatic N) is 8. The summed E-state index contributed by atoms with van der Waals surface area (Å²) in [7, 11) is 1.78. The molecule has 190 valence electrons. The van der Waals surface area contributed by atoms with E-state index in [-0.39, 0.29) is 5.95 Å². The highest BCUT2D eigenvalue weighted by molar-refractivity contribution is 6.36. The number of halogens is 1. The molecule has 12 heteroatoms. The maximum Gasteiger partial charge on any atom is 0.247 e. The summed E-state index contributed by atoms with van der Waals surface area (Å²) in [5, 5.41) is 30.7. The molecule has 2 aliphatic heterocycles. The summed E-state index contributed by atoms with van der Waals surface area (Å²) in [4.78, 5) is 13.6. The van der Waals surface area contributed by atoms with Gasteiger partial charge in [-0.05, 0) is 37.8 Å². The first-order chi connectivity index (χ1) is 18.1. The molecule has 2 aromatic heterocycles. The van der Waals surface area contributed by atoms with Crippen LogP contribution in [0.25, 0.3) is 5.65 Å². The Hall–Kier alpha value is -3.64.